The highest BCUT2D eigenvalue weighted by Gasteiger charge is 2.35. The SMILES string of the molecule is CC1(C)CCCN1C(=O)c1ccc(C#CCO)c(Cl)c1. The van der Waals surface area contributed by atoms with Crippen LogP contribution in [0.4, 0.5) is 0 Å². The maximum atomic E-state index is 12.5. The standard InChI is InChI=1S/C16H18ClNO2/c1-16(2)8-4-9-18(16)15(20)13-7-6-12(5-3-10-19)14(17)11-13/h6-7,11,19H,4,8-10H2,1-2H3. The number of hydrogen-bond acceptors (Lipinski definition) is 2. The predicted molar refractivity (Wildman–Crippen MR) is 79.8 cm³/mol. The number of hydrogen-bond donors (Lipinski definition) is 1. The molecule has 106 valence electrons. The van der Waals surface area contributed by atoms with E-state index >= 15 is 0 Å². The smallest absolute Gasteiger partial charge is 0.254 e. The van der Waals surface area contributed by atoms with Crippen molar-refractivity contribution in [2.75, 3.05) is 13.2 Å². The first-order valence-corrected chi connectivity index (χ1v) is 7.05. The zero-order chi connectivity index (χ0) is 14.8. The van der Waals surface area contributed by atoms with Crippen molar-refractivity contribution < 1.29 is 9.90 Å². The zero-order valence-electron chi connectivity index (χ0n) is 11.7. The lowest BCUT2D eigenvalue weighted by molar-refractivity contribution is 0.0652. The Kier molecular flexibility index (Phi) is 4.37. The number of rotatable bonds is 1. The number of carbonyl (C=O) groups excluding carboxylic acids is 1. The van der Waals surface area contributed by atoms with Crippen LogP contribution in [0.1, 0.15) is 42.6 Å². The van der Waals surface area contributed by atoms with Gasteiger partial charge in [-0.15, -0.1) is 0 Å². The second kappa shape index (κ2) is 5.87. The van der Waals surface area contributed by atoms with Gasteiger partial charge in [0.25, 0.3) is 5.91 Å². The van der Waals surface area contributed by atoms with Crippen molar-refractivity contribution in [3.63, 3.8) is 0 Å². The molecule has 0 spiro atoms. The lowest BCUT2D eigenvalue weighted by Crippen LogP contribution is -2.42. The summed E-state index contributed by atoms with van der Waals surface area (Å²) in [5.41, 5.74) is 1.11. The van der Waals surface area contributed by atoms with Crippen LogP contribution in [0, 0.1) is 11.8 Å². The molecule has 0 bridgehead atoms. The van der Waals surface area contributed by atoms with Crippen molar-refractivity contribution >= 4 is 17.5 Å². The third-order valence-corrected chi connectivity index (χ3v) is 3.98. The highest BCUT2D eigenvalue weighted by atomic mass is 35.5. The molecular weight excluding hydrogens is 274 g/mol. The monoisotopic (exact) mass is 291 g/mol. The Hall–Kier alpha value is -1.50. The molecule has 1 saturated heterocycles. The molecule has 4 heteroatoms. The fourth-order valence-corrected chi connectivity index (χ4v) is 2.75. The lowest BCUT2D eigenvalue weighted by atomic mass is 10.0. The maximum Gasteiger partial charge on any atom is 0.254 e. The molecule has 1 aromatic carbocycles. The van der Waals surface area contributed by atoms with Gasteiger partial charge >= 0.3 is 0 Å². The van der Waals surface area contributed by atoms with E-state index in [-0.39, 0.29) is 18.1 Å². The molecule has 20 heavy (non-hydrogen) atoms. The van der Waals surface area contributed by atoms with Crippen molar-refractivity contribution in [2.24, 2.45) is 0 Å². The lowest BCUT2D eigenvalue weighted by Gasteiger charge is -2.31. The number of amides is 1. The summed E-state index contributed by atoms with van der Waals surface area (Å²) in [6.07, 6.45) is 2.05. The van der Waals surface area contributed by atoms with E-state index in [4.69, 9.17) is 16.7 Å². The van der Waals surface area contributed by atoms with Gasteiger partial charge < -0.3 is 10.0 Å². The van der Waals surface area contributed by atoms with Crippen LogP contribution in [0.25, 0.3) is 0 Å². The zero-order valence-corrected chi connectivity index (χ0v) is 12.5. The summed E-state index contributed by atoms with van der Waals surface area (Å²) >= 11 is 6.13. The van der Waals surface area contributed by atoms with Crippen LogP contribution in [0.15, 0.2) is 18.2 Å². The number of aliphatic hydroxyl groups is 1. The van der Waals surface area contributed by atoms with E-state index in [0.717, 1.165) is 19.4 Å². The third-order valence-electron chi connectivity index (χ3n) is 3.66. The van der Waals surface area contributed by atoms with E-state index in [2.05, 4.69) is 25.7 Å². The van der Waals surface area contributed by atoms with E-state index in [9.17, 15) is 4.79 Å². The molecule has 1 aromatic rings. The molecule has 1 aliphatic heterocycles. The molecule has 0 radical (unpaired) electrons. The van der Waals surface area contributed by atoms with E-state index in [0.29, 0.717) is 16.1 Å². The highest BCUT2D eigenvalue weighted by Crippen LogP contribution is 2.30. The third kappa shape index (κ3) is 2.98. The number of nitrogens with zero attached hydrogens (tertiary/aromatic N) is 1. The summed E-state index contributed by atoms with van der Waals surface area (Å²) < 4.78 is 0. The van der Waals surface area contributed by atoms with Crippen LogP contribution < -0.4 is 0 Å². The first kappa shape index (κ1) is 14.9. The average molecular weight is 292 g/mol. The molecule has 1 fully saturated rings. The quantitative estimate of drug-likeness (QED) is 0.808. The number of likely N-dealkylation sites (tertiary alicyclic amines) is 1. The van der Waals surface area contributed by atoms with Crippen LogP contribution in [0.5, 0.6) is 0 Å². The Morgan fingerprint density at radius 1 is 1.50 bits per heavy atom. The first-order valence-electron chi connectivity index (χ1n) is 6.67. The fraction of sp³-hybridized carbons (Fsp3) is 0.438. The molecular formula is C16H18ClNO2. The summed E-state index contributed by atoms with van der Waals surface area (Å²) in [6.45, 7) is 4.75. The molecule has 3 nitrogen and oxygen atoms in total. The maximum absolute atomic E-state index is 12.5. The van der Waals surface area contributed by atoms with Crippen molar-refractivity contribution in [3.8, 4) is 11.8 Å². The Morgan fingerprint density at radius 3 is 2.80 bits per heavy atom. The van der Waals surface area contributed by atoms with E-state index in [1.54, 1.807) is 18.2 Å². The van der Waals surface area contributed by atoms with Gasteiger partial charge in [-0.1, -0.05) is 23.4 Å². The van der Waals surface area contributed by atoms with Gasteiger partial charge in [-0.25, -0.2) is 0 Å². The normalized spacial score (nSPS) is 16.7. The van der Waals surface area contributed by atoms with Gasteiger partial charge in [0.2, 0.25) is 0 Å². The van der Waals surface area contributed by atoms with Crippen LogP contribution in [0.3, 0.4) is 0 Å². The summed E-state index contributed by atoms with van der Waals surface area (Å²) in [4.78, 5) is 14.4. The van der Waals surface area contributed by atoms with Gasteiger partial charge in [-0.05, 0) is 44.9 Å². The summed E-state index contributed by atoms with van der Waals surface area (Å²) in [5, 5.41) is 9.12. The molecule has 0 aromatic heterocycles. The van der Waals surface area contributed by atoms with E-state index in [1.807, 2.05) is 4.90 Å². The van der Waals surface area contributed by atoms with Crippen molar-refractivity contribution in [1.29, 1.82) is 0 Å². The summed E-state index contributed by atoms with van der Waals surface area (Å²) in [6, 6.07) is 5.12. The predicted octanol–water partition coefficient (Wildman–Crippen LogP) is 2.70. The molecule has 1 heterocycles. The van der Waals surface area contributed by atoms with Crippen molar-refractivity contribution in [1.82, 2.24) is 4.90 Å². The van der Waals surface area contributed by atoms with Crippen LogP contribution in [-0.2, 0) is 0 Å². The van der Waals surface area contributed by atoms with E-state index < -0.39 is 0 Å². The first-order chi connectivity index (χ1) is 9.45. The van der Waals surface area contributed by atoms with Crippen LogP contribution >= 0.6 is 11.6 Å². The molecule has 0 aliphatic carbocycles. The minimum absolute atomic E-state index is 0.0102. The summed E-state index contributed by atoms with van der Waals surface area (Å²) in [5.74, 6) is 5.32. The van der Waals surface area contributed by atoms with Crippen molar-refractivity contribution in [2.45, 2.75) is 32.2 Å². The molecule has 0 atom stereocenters. The Bertz CT molecular complexity index is 584. The second-order valence-electron chi connectivity index (χ2n) is 5.53. The van der Waals surface area contributed by atoms with Gasteiger partial charge in [-0.3, -0.25) is 4.79 Å². The number of halogens is 1. The Balaban J connectivity index is 2.26. The van der Waals surface area contributed by atoms with Gasteiger partial charge in [0.05, 0.1) is 5.02 Å². The fourth-order valence-electron chi connectivity index (χ4n) is 2.52. The molecule has 2 rings (SSSR count). The Morgan fingerprint density at radius 2 is 2.25 bits per heavy atom. The minimum atomic E-state index is -0.209. The number of carbonyl (C=O) groups is 1. The largest absolute Gasteiger partial charge is 0.384 e. The number of benzene rings is 1. The second-order valence-corrected chi connectivity index (χ2v) is 5.93. The summed E-state index contributed by atoms with van der Waals surface area (Å²) in [7, 11) is 0. The highest BCUT2D eigenvalue weighted by molar-refractivity contribution is 6.32. The minimum Gasteiger partial charge on any atom is -0.384 e. The average Bonchev–Trinajstić information content (AvgIpc) is 2.76. The van der Waals surface area contributed by atoms with Crippen LogP contribution in [0.2, 0.25) is 5.02 Å². The molecule has 0 unspecified atom stereocenters. The topological polar surface area (TPSA) is 40.5 Å². The Labute approximate surface area is 124 Å². The van der Waals surface area contributed by atoms with Crippen molar-refractivity contribution in [3.05, 3.63) is 34.3 Å². The van der Waals surface area contributed by atoms with E-state index in [1.165, 1.54) is 0 Å². The van der Waals surface area contributed by atoms with Gasteiger partial charge in [0, 0.05) is 23.2 Å². The number of aliphatic hydroxyl groups excluding tert-OH is 1. The van der Waals surface area contributed by atoms with Gasteiger partial charge in [0.1, 0.15) is 6.61 Å². The van der Waals surface area contributed by atoms with Crippen LogP contribution in [-0.4, -0.2) is 34.6 Å². The van der Waals surface area contributed by atoms with Gasteiger partial charge in [0.15, 0.2) is 0 Å². The molecule has 0 saturated carbocycles. The molecule has 1 amide bonds. The van der Waals surface area contributed by atoms with Gasteiger partial charge in [-0.2, -0.15) is 0 Å². The molecule has 1 aliphatic rings. The molecule has 1 N–H and O–H groups in total.